The highest BCUT2D eigenvalue weighted by Gasteiger charge is 2.66. The zero-order chi connectivity index (χ0) is 29.7. The third-order valence-electron chi connectivity index (χ3n) is 7.50. The number of aromatic nitrogens is 1. The predicted octanol–water partition coefficient (Wildman–Crippen LogP) is 6.67. The van der Waals surface area contributed by atoms with Gasteiger partial charge in [-0.15, -0.1) is 0 Å². The molecule has 0 spiro atoms. The first kappa shape index (κ1) is 28.5. The SMILES string of the molecule is C=CC1=CC[C@H]2C(=O)N(Nc3ncc(C(F)(F)F)cc3Cl)C(=O)[C@@]2(c2ccc(Cl)cc2)[C@H]1c1c(O)cccc1OC. The second-order valence-electron chi connectivity index (χ2n) is 9.54. The Hall–Kier alpha value is -4.02. The molecule has 0 radical (unpaired) electrons. The molecular weight excluding hydrogens is 582 g/mol. The number of hydrogen-bond acceptors (Lipinski definition) is 6. The number of aromatic hydroxyl groups is 1. The van der Waals surface area contributed by atoms with Gasteiger partial charge >= 0.3 is 6.18 Å². The van der Waals surface area contributed by atoms with E-state index in [9.17, 15) is 27.9 Å². The molecule has 2 N–H and O–H groups in total. The van der Waals surface area contributed by atoms with Crippen LogP contribution in [0.5, 0.6) is 11.5 Å². The van der Waals surface area contributed by atoms with Gasteiger partial charge in [0.15, 0.2) is 5.82 Å². The number of alkyl halides is 3. The highest BCUT2D eigenvalue weighted by Crippen LogP contribution is 2.60. The minimum absolute atomic E-state index is 0.118. The van der Waals surface area contributed by atoms with Crippen LogP contribution in [0.3, 0.4) is 0 Å². The van der Waals surface area contributed by atoms with Crippen molar-refractivity contribution in [2.75, 3.05) is 12.5 Å². The zero-order valence-electron chi connectivity index (χ0n) is 21.4. The summed E-state index contributed by atoms with van der Waals surface area (Å²) in [7, 11) is 1.42. The van der Waals surface area contributed by atoms with Gasteiger partial charge in [-0.25, -0.2) is 4.98 Å². The van der Waals surface area contributed by atoms with Crippen molar-refractivity contribution in [1.82, 2.24) is 9.99 Å². The van der Waals surface area contributed by atoms with Gasteiger partial charge in [-0.2, -0.15) is 18.2 Å². The van der Waals surface area contributed by atoms with Crippen molar-refractivity contribution in [3.63, 3.8) is 0 Å². The van der Waals surface area contributed by atoms with Crippen LogP contribution in [0.4, 0.5) is 19.0 Å². The summed E-state index contributed by atoms with van der Waals surface area (Å²) in [5, 5.41) is 11.8. The first-order valence-corrected chi connectivity index (χ1v) is 13.0. The molecule has 2 heterocycles. The number of benzene rings is 2. The Morgan fingerprint density at radius 1 is 1.20 bits per heavy atom. The Kier molecular flexibility index (Phi) is 7.25. The number of imide groups is 1. The molecule has 3 atom stereocenters. The molecule has 1 fully saturated rings. The maximum atomic E-state index is 14.6. The number of hydrazine groups is 1. The van der Waals surface area contributed by atoms with Crippen LogP contribution in [0.15, 0.2) is 79.0 Å². The van der Waals surface area contributed by atoms with Crippen LogP contribution >= 0.6 is 23.2 Å². The van der Waals surface area contributed by atoms with Crippen LogP contribution in [0.2, 0.25) is 10.0 Å². The van der Waals surface area contributed by atoms with E-state index in [0.717, 1.165) is 5.01 Å². The number of phenolic OH excluding ortho intramolecular Hbond substituents is 1. The van der Waals surface area contributed by atoms with E-state index in [1.54, 1.807) is 48.6 Å². The maximum absolute atomic E-state index is 14.6. The van der Waals surface area contributed by atoms with Crippen molar-refractivity contribution < 1.29 is 32.6 Å². The number of hydrogen-bond donors (Lipinski definition) is 2. The first-order chi connectivity index (χ1) is 19.4. The Bertz CT molecular complexity index is 1590. The Balaban J connectivity index is 1.73. The van der Waals surface area contributed by atoms with Crippen LogP contribution in [0.25, 0.3) is 0 Å². The number of fused-ring (bicyclic) bond motifs is 1. The number of methoxy groups -OCH3 is 1. The summed E-state index contributed by atoms with van der Waals surface area (Å²) < 4.78 is 45.1. The quantitative estimate of drug-likeness (QED) is 0.306. The second kappa shape index (κ2) is 10.4. The average Bonchev–Trinajstić information content (AvgIpc) is 3.15. The fraction of sp³-hybridized carbons (Fsp3) is 0.207. The predicted molar refractivity (Wildman–Crippen MR) is 147 cm³/mol. The minimum atomic E-state index is -4.70. The van der Waals surface area contributed by atoms with Gasteiger partial charge in [0.25, 0.3) is 11.8 Å². The van der Waals surface area contributed by atoms with Crippen molar-refractivity contribution in [3.05, 3.63) is 106 Å². The van der Waals surface area contributed by atoms with E-state index < -0.39 is 45.8 Å². The van der Waals surface area contributed by atoms with E-state index in [4.69, 9.17) is 27.9 Å². The number of rotatable bonds is 6. The summed E-state index contributed by atoms with van der Waals surface area (Å²) in [5.41, 5.74) is 1.04. The topological polar surface area (TPSA) is 91.8 Å². The van der Waals surface area contributed by atoms with Gasteiger partial charge in [-0.3, -0.25) is 15.0 Å². The van der Waals surface area contributed by atoms with Crippen LogP contribution < -0.4 is 10.2 Å². The number of carbonyl (C=O) groups is 2. The Labute approximate surface area is 242 Å². The molecule has 2 amide bonds. The number of nitrogens with zero attached hydrogens (tertiary/aromatic N) is 2. The molecule has 0 bridgehead atoms. The molecule has 7 nitrogen and oxygen atoms in total. The number of pyridine rings is 1. The molecule has 2 aromatic carbocycles. The summed E-state index contributed by atoms with van der Waals surface area (Å²) in [4.78, 5) is 32.3. The number of ether oxygens (including phenoxy) is 1. The normalized spacial score (nSPS) is 22.3. The minimum Gasteiger partial charge on any atom is -0.508 e. The Morgan fingerprint density at radius 3 is 2.51 bits per heavy atom. The molecule has 1 aliphatic heterocycles. The summed E-state index contributed by atoms with van der Waals surface area (Å²) in [6.07, 6.45) is -0.715. The van der Waals surface area contributed by atoms with Crippen molar-refractivity contribution in [3.8, 4) is 11.5 Å². The van der Waals surface area contributed by atoms with E-state index in [1.165, 1.54) is 13.2 Å². The number of amides is 2. The lowest BCUT2D eigenvalue weighted by molar-refractivity contribution is -0.139. The average molecular weight is 604 g/mol. The molecule has 0 saturated carbocycles. The highest BCUT2D eigenvalue weighted by atomic mass is 35.5. The van der Waals surface area contributed by atoms with Crippen molar-refractivity contribution in [1.29, 1.82) is 0 Å². The molecule has 0 unspecified atom stereocenters. The fourth-order valence-corrected chi connectivity index (χ4v) is 6.07. The molecule has 212 valence electrons. The molecule has 1 saturated heterocycles. The largest absolute Gasteiger partial charge is 0.508 e. The lowest BCUT2D eigenvalue weighted by Gasteiger charge is -2.43. The third-order valence-corrected chi connectivity index (χ3v) is 8.04. The van der Waals surface area contributed by atoms with Crippen LogP contribution in [-0.2, 0) is 21.2 Å². The van der Waals surface area contributed by atoms with Crippen LogP contribution in [0.1, 0.15) is 29.0 Å². The molecule has 2 aliphatic rings. The van der Waals surface area contributed by atoms with Gasteiger partial charge < -0.3 is 9.84 Å². The van der Waals surface area contributed by atoms with Gasteiger partial charge in [-0.05, 0) is 47.9 Å². The van der Waals surface area contributed by atoms with Crippen molar-refractivity contribution in [2.45, 2.75) is 23.9 Å². The summed E-state index contributed by atoms with van der Waals surface area (Å²) in [5.74, 6) is -3.59. The monoisotopic (exact) mass is 603 g/mol. The standard InChI is InChI=1S/C29H22Cl2F3N3O4/c1-3-15-7-12-19-26(39)37(36-25-20(31)13-17(14-35-25)29(32,33)34)27(40)28(19,16-8-10-18(30)11-9-16)24(15)23-21(38)5-4-6-22(23)41-2/h3-11,13-14,19,24,38H,1,12H2,2H3,(H,35,36)/t19-,24+,28+/m0/s1. The number of anilines is 1. The maximum Gasteiger partial charge on any atom is 0.417 e. The summed E-state index contributed by atoms with van der Waals surface area (Å²) in [6, 6.07) is 11.7. The molecule has 1 aromatic heterocycles. The first-order valence-electron chi connectivity index (χ1n) is 12.3. The molecule has 41 heavy (non-hydrogen) atoms. The lowest BCUT2D eigenvalue weighted by Crippen LogP contribution is -2.48. The van der Waals surface area contributed by atoms with Gasteiger partial charge in [-0.1, -0.05) is 60.1 Å². The number of phenols is 1. The van der Waals surface area contributed by atoms with Crippen LogP contribution in [-0.4, -0.2) is 34.0 Å². The molecule has 1 aliphatic carbocycles. The smallest absolute Gasteiger partial charge is 0.417 e. The van der Waals surface area contributed by atoms with Gasteiger partial charge in [0.05, 0.1) is 29.0 Å². The molecule has 12 heteroatoms. The third kappa shape index (κ3) is 4.51. The van der Waals surface area contributed by atoms with E-state index >= 15 is 0 Å². The Morgan fingerprint density at radius 2 is 1.90 bits per heavy atom. The molecule has 3 aromatic rings. The van der Waals surface area contributed by atoms with E-state index in [-0.39, 0.29) is 29.3 Å². The van der Waals surface area contributed by atoms with E-state index in [1.807, 2.05) is 0 Å². The molecular formula is C29H22Cl2F3N3O4. The van der Waals surface area contributed by atoms with Crippen LogP contribution in [0, 0.1) is 5.92 Å². The highest BCUT2D eigenvalue weighted by molar-refractivity contribution is 6.33. The van der Waals surface area contributed by atoms with Crippen molar-refractivity contribution in [2.24, 2.45) is 5.92 Å². The fourth-order valence-electron chi connectivity index (χ4n) is 5.73. The van der Waals surface area contributed by atoms with Gasteiger partial charge in [0.2, 0.25) is 0 Å². The number of carbonyl (C=O) groups excluding carboxylic acids is 2. The number of allylic oxidation sites excluding steroid dienone is 3. The number of halogens is 5. The van der Waals surface area contributed by atoms with E-state index in [0.29, 0.717) is 28.4 Å². The van der Waals surface area contributed by atoms with Gasteiger partial charge in [0, 0.05) is 22.7 Å². The van der Waals surface area contributed by atoms with Crippen molar-refractivity contribution >= 4 is 40.8 Å². The van der Waals surface area contributed by atoms with Gasteiger partial charge in [0.1, 0.15) is 11.5 Å². The lowest BCUT2D eigenvalue weighted by atomic mass is 9.55. The van der Waals surface area contributed by atoms with E-state index in [2.05, 4.69) is 17.0 Å². The molecule has 5 rings (SSSR count). The summed E-state index contributed by atoms with van der Waals surface area (Å²) in [6.45, 7) is 3.91. The number of nitrogens with one attached hydrogen (secondary N) is 1. The zero-order valence-corrected chi connectivity index (χ0v) is 22.9. The summed E-state index contributed by atoms with van der Waals surface area (Å²) >= 11 is 12.3. The second-order valence-corrected chi connectivity index (χ2v) is 10.4.